The number of carbonyl (C=O) groups excluding carboxylic acids is 1. The van der Waals surface area contributed by atoms with Gasteiger partial charge in [-0.2, -0.15) is 22.8 Å². The predicted molar refractivity (Wildman–Crippen MR) is 58.2 cm³/mol. The van der Waals surface area contributed by atoms with E-state index in [9.17, 15) is 13.2 Å². The molecule has 17 heavy (non-hydrogen) atoms. The first-order valence-corrected chi connectivity index (χ1v) is 6.06. The molecule has 96 valence electrons. The first-order chi connectivity index (χ1) is 7.95. The summed E-state index contributed by atoms with van der Waals surface area (Å²) in [6.45, 7) is 0.0101. The Morgan fingerprint density at radius 2 is 2.35 bits per heavy atom. The van der Waals surface area contributed by atoms with Gasteiger partial charge in [0.15, 0.2) is 0 Å². The highest BCUT2D eigenvalue weighted by Gasteiger charge is 2.19. The van der Waals surface area contributed by atoms with E-state index in [2.05, 4.69) is 24.6 Å². The lowest BCUT2D eigenvalue weighted by Gasteiger charge is -2.16. The lowest BCUT2D eigenvalue weighted by Crippen LogP contribution is -2.34. The molecule has 0 bridgehead atoms. The summed E-state index contributed by atoms with van der Waals surface area (Å²) in [4.78, 5) is 14.5. The fourth-order valence-corrected chi connectivity index (χ4v) is 1.76. The van der Waals surface area contributed by atoms with Gasteiger partial charge in [0.1, 0.15) is 6.33 Å². The summed E-state index contributed by atoms with van der Waals surface area (Å²) >= 11 is 0. The molecule has 0 aliphatic rings. The second-order valence-corrected chi connectivity index (χ2v) is 4.87. The minimum Gasteiger partial charge on any atom is -0.469 e. The molecule has 0 aliphatic heterocycles. The number of hydrogen-bond donors (Lipinski definition) is 2. The number of carbonyl (C=O) groups is 1. The number of nitrogens with zero attached hydrogens (tertiary/aromatic N) is 3. The zero-order chi connectivity index (χ0) is 12.9. The zero-order valence-corrected chi connectivity index (χ0v) is 10.2. The molecule has 9 nitrogen and oxygen atoms in total. The Morgan fingerprint density at radius 3 is 2.88 bits per heavy atom. The van der Waals surface area contributed by atoms with Gasteiger partial charge in [0.25, 0.3) is 0 Å². The van der Waals surface area contributed by atoms with Gasteiger partial charge >= 0.3 is 16.2 Å². The predicted octanol–water partition coefficient (Wildman–Crippen LogP) is -1.04. The van der Waals surface area contributed by atoms with E-state index < -0.39 is 16.2 Å². The van der Waals surface area contributed by atoms with E-state index in [1.807, 2.05) is 0 Å². The fraction of sp³-hybridized carbons (Fsp3) is 0.571. The summed E-state index contributed by atoms with van der Waals surface area (Å²) in [6.07, 6.45) is 1.15. The maximum absolute atomic E-state index is 11.7. The van der Waals surface area contributed by atoms with Crippen molar-refractivity contribution < 1.29 is 17.9 Å². The number of hydrogen-bond acceptors (Lipinski definition) is 6. The molecule has 1 heterocycles. The minimum absolute atomic E-state index is 0.00918. The number of aromatic nitrogens is 3. The summed E-state index contributed by atoms with van der Waals surface area (Å²) in [5.41, 5.74) is 0. The maximum Gasteiger partial charge on any atom is 0.306 e. The van der Waals surface area contributed by atoms with Crippen LogP contribution in [0.25, 0.3) is 0 Å². The van der Waals surface area contributed by atoms with Crippen LogP contribution >= 0.6 is 0 Å². The lowest BCUT2D eigenvalue weighted by atomic mass is 10.4. The molecule has 2 N–H and O–H groups in total. The molecule has 0 unspecified atom stereocenters. The Hall–Kier alpha value is -1.68. The lowest BCUT2D eigenvalue weighted by molar-refractivity contribution is -0.140. The van der Waals surface area contributed by atoms with Crippen molar-refractivity contribution in [3.63, 3.8) is 0 Å². The molecule has 0 radical (unpaired) electrons. The van der Waals surface area contributed by atoms with Crippen molar-refractivity contribution in [2.24, 2.45) is 0 Å². The van der Waals surface area contributed by atoms with Gasteiger partial charge < -0.3 is 4.74 Å². The summed E-state index contributed by atoms with van der Waals surface area (Å²) in [7, 11) is -1.17. The Bertz CT molecular complexity index is 457. The largest absolute Gasteiger partial charge is 0.469 e. The molecule has 1 aromatic heterocycles. The van der Waals surface area contributed by atoms with E-state index in [0.717, 1.165) is 4.31 Å². The third kappa shape index (κ3) is 4.00. The molecule has 0 aromatic carbocycles. The molecule has 1 aromatic rings. The quantitative estimate of drug-likeness (QED) is 0.633. The number of anilines is 1. The van der Waals surface area contributed by atoms with Crippen LogP contribution in [0.1, 0.15) is 6.42 Å². The minimum atomic E-state index is -3.75. The van der Waals surface area contributed by atoms with Crippen LogP contribution in [0.15, 0.2) is 6.33 Å². The highest BCUT2D eigenvalue weighted by atomic mass is 32.2. The smallest absolute Gasteiger partial charge is 0.306 e. The number of ether oxygens (including phenoxy) is 1. The van der Waals surface area contributed by atoms with Crippen molar-refractivity contribution in [3.05, 3.63) is 6.33 Å². The van der Waals surface area contributed by atoms with Crippen LogP contribution in [0, 0.1) is 0 Å². The van der Waals surface area contributed by atoms with Gasteiger partial charge in [-0.25, -0.2) is 9.82 Å². The fourth-order valence-electron chi connectivity index (χ4n) is 0.926. The van der Waals surface area contributed by atoms with Gasteiger partial charge in [0, 0.05) is 13.6 Å². The van der Waals surface area contributed by atoms with E-state index >= 15 is 0 Å². The van der Waals surface area contributed by atoms with E-state index in [1.54, 1.807) is 0 Å². The second kappa shape index (κ2) is 5.59. The van der Waals surface area contributed by atoms with Crippen LogP contribution < -0.4 is 4.72 Å². The molecule has 0 amide bonds. The number of rotatable bonds is 6. The van der Waals surface area contributed by atoms with E-state index in [0.29, 0.717) is 0 Å². The van der Waals surface area contributed by atoms with Gasteiger partial charge in [0.2, 0.25) is 5.95 Å². The highest BCUT2D eigenvalue weighted by molar-refractivity contribution is 7.90. The zero-order valence-electron chi connectivity index (χ0n) is 9.37. The summed E-state index contributed by atoms with van der Waals surface area (Å²) in [5, 5.41) is 5.85. The summed E-state index contributed by atoms with van der Waals surface area (Å²) in [6, 6.07) is 0. The van der Waals surface area contributed by atoms with Gasteiger partial charge in [-0.3, -0.25) is 4.79 Å². The molecule has 10 heteroatoms. The number of H-pyrrole nitrogens is 1. The van der Waals surface area contributed by atoms with Gasteiger partial charge in [-0.15, -0.1) is 0 Å². The summed E-state index contributed by atoms with van der Waals surface area (Å²) < 4.78 is 30.9. The normalized spacial score (nSPS) is 11.5. The van der Waals surface area contributed by atoms with Crippen molar-refractivity contribution in [1.29, 1.82) is 0 Å². The number of methoxy groups -OCH3 is 1. The van der Waals surface area contributed by atoms with Crippen LogP contribution in [-0.4, -0.2) is 54.6 Å². The van der Waals surface area contributed by atoms with Crippen molar-refractivity contribution in [1.82, 2.24) is 19.5 Å². The third-order valence-electron chi connectivity index (χ3n) is 1.91. The van der Waals surface area contributed by atoms with Crippen molar-refractivity contribution in [3.8, 4) is 0 Å². The standard InChI is InChI=1S/C7H13N5O4S/c1-12(4-3-6(13)16-2)17(14,15)11-7-8-5-9-10-7/h5H,3-4H2,1-2H3,(H2,8,9,10,11). The van der Waals surface area contributed by atoms with E-state index in [4.69, 9.17) is 0 Å². The molecule has 0 aliphatic carbocycles. The SMILES string of the molecule is COC(=O)CCN(C)S(=O)(=O)Nc1ncn[nH]1. The van der Waals surface area contributed by atoms with E-state index in [-0.39, 0.29) is 18.9 Å². The van der Waals surface area contributed by atoms with Crippen molar-refractivity contribution in [2.45, 2.75) is 6.42 Å². The van der Waals surface area contributed by atoms with Crippen molar-refractivity contribution in [2.75, 3.05) is 25.4 Å². The van der Waals surface area contributed by atoms with Gasteiger partial charge in [-0.1, -0.05) is 0 Å². The highest BCUT2D eigenvalue weighted by Crippen LogP contribution is 2.03. The van der Waals surface area contributed by atoms with Gasteiger partial charge in [0.05, 0.1) is 13.5 Å². The molecule has 1 rings (SSSR count). The van der Waals surface area contributed by atoms with Crippen LogP contribution in [0.3, 0.4) is 0 Å². The van der Waals surface area contributed by atoms with Crippen molar-refractivity contribution >= 4 is 22.1 Å². The topological polar surface area (TPSA) is 117 Å². The van der Waals surface area contributed by atoms with Gasteiger partial charge in [-0.05, 0) is 0 Å². The Balaban J connectivity index is 2.55. The average Bonchev–Trinajstić information content (AvgIpc) is 2.77. The summed E-state index contributed by atoms with van der Waals surface area (Å²) in [5.74, 6) is -0.471. The average molecular weight is 263 g/mol. The molecule has 0 saturated heterocycles. The molecule has 0 fully saturated rings. The van der Waals surface area contributed by atoms with Crippen LogP contribution in [0.4, 0.5) is 5.95 Å². The molecular formula is C7H13N5O4S. The second-order valence-electron chi connectivity index (χ2n) is 3.09. The number of aromatic amines is 1. The molecular weight excluding hydrogens is 250 g/mol. The Morgan fingerprint density at radius 1 is 1.65 bits per heavy atom. The van der Waals surface area contributed by atoms with E-state index in [1.165, 1.54) is 20.5 Å². The van der Waals surface area contributed by atoms with Crippen LogP contribution in [0.5, 0.6) is 0 Å². The number of esters is 1. The molecule has 0 atom stereocenters. The first-order valence-electron chi connectivity index (χ1n) is 4.62. The molecule has 0 spiro atoms. The first kappa shape index (κ1) is 13.4. The monoisotopic (exact) mass is 263 g/mol. The maximum atomic E-state index is 11.7. The number of nitrogens with one attached hydrogen (secondary N) is 2. The van der Waals surface area contributed by atoms with Crippen LogP contribution in [-0.2, 0) is 19.7 Å². The molecule has 0 saturated carbocycles. The third-order valence-corrected chi connectivity index (χ3v) is 3.36. The Kier molecular flexibility index (Phi) is 4.40. The van der Waals surface area contributed by atoms with Crippen LogP contribution in [0.2, 0.25) is 0 Å². The Labute approximate surface area is 98.4 Å².